The summed E-state index contributed by atoms with van der Waals surface area (Å²) in [5.74, 6) is 1.08. The van der Waals surface area contributed by atoms with Crippen LogP contribution in [0.25, 0.3) is 0 Å². The van der Waals surface area contributed by atoms with E-state index in [0.29, 0.717) is 24.2 Å². The zero-order chi connectivity index (χ0) is 12.1. The van der Waals surface area contributed by atoms with Gasteiger partial charge in [-0.2, -0.15) is 0 Å². The first-order valence-corrected chi connectivity index (χ1v) is 6.33. The van der Waals surface area contributed by atoms with Crippen molar-refractivity contribution in [2.75, 3.05) is 50.1 Å². The molecule has 1 saturated heterocycles. The zero-order valence-corrected chi connectivity index (χ0v) is 10.4. The summed E-state index contributed by atoms with van der Waals surface area (Å²) in [6.07, 6.45) is 0.610. The molecule has 0 radical (unpaired) electrons. The van der Waals surface area contributed by atoms with Crippen molar-refractivity contribution in [3.63, 3.8) is 0 Å². The number of nitrogens with zero attached hydrogens (tertiary/aromatic N) is 4. The molecule has 0 bridgehead atoms. The van der Waals surface area contributed by atoms with Crippen molar-refractivity contribution in [1.29, 1.82) is 0 Å². The van der Waals surface area contributed by atoms with E-state index in [0.717, 1.165) is 32.7 Å². The Bertz CT molecular complexity index is 339. The van der Waals surface area contributed by atoms with Crippen molar-refractivity contribution in [2.24, 2.45) is 0 Å². The highest BCUT2D eigenvalue weighted by Gasteiger charge is 2.20. The molecule has 1 N–H and O–H groups in total. The van der Waals surface area contributed by atoms with E-state index in [1.165, 1.54) is 0 Å². The van der Waals surface area contributed by atoms with E-state index >= 15 is 0 Å². The summed E-state index contributed by atoms with van der Waals surface area (Å²) in [6.45, 7) is 4.46. The smallest absolute Gasteiger partial charge is 0.318 e. The third-order valence-corrected chi connectivity index (χ3v) is 3.01. The molecule has 1 aromatic heterocycles. The molecule has 1 aliphatic heterocycles. The van der Waals surface area contributed by atoms with Gasteiger partial charge in [-0.1, -0.05) is 5.10 Å². The predicted molar refractivity (Wildman–Crippen MR) is 64.5 cm³/mol. The third kappa shape index (κ3) is 3.31. The van der Waals surface area contributed by atoms with Gasteiger partial charge in [-0.25, -0.2) is 0 Å². The summed E-state index contributed by atoms with van der Waals surface area (Å²) in [7, 11) is 0. The lowest BCUT2D eigenvalue weighted by Crippen LogP contribution is -2.47. The molecule has 0 aliphatic carbocycles. The fourth-order valence-electron chi connectivity index (χ4n) is 1.86. The topological polar surface area (TPSA) is 65.6 Å². The number of hydrogen-bond donors (Lipinski definition) is 1. The van der Waals surface area contributed by atoms with Gasteiger partial charge in [-0.05, 0) is 0 Å². The Morgan fingerprint density at radius 1 is 1.24 bits per heavy atom. The monoisotopic (exact) mass is 260 g/mol. The second-order valence-electron chi connectivity index (χ2n) is 3.97. The van der Waals surface area contributed by atoms with Gasteiger partial charge >= 0.3 is 6.01 Å². The van der Waals surface area contributed by atoms with E-state index in [9.17, 15) is 0 Å². The Labute approximate surface area is 105 Å². The predicted octanol–water partition coefficient (Wildman–Crippen LogP) is -0.0348. The van der Waals surface area contributed by atoms with Crippen molar-refractivity contribution in [1.82, 2.24) is 15.1 Å². The van der Waals surface area contributed by atoms with E-state index in [1.807, 2.05) is 0 Å². The molecule has 17 heavy (non-hydrogen) atoms. The van der Waals surface area contributed by atoms with Crippen LogP contribution in [-0.2, 0) is 6.42 Å². The fourth-order valence-corrected chi connectivity index (χ4v) is 2.02. The average Bonchev–Trinajstić information content (AvgIpc) is 2.80. The molecule has 1 aliphatic rings. The van der Waals surface area contributed by atoms with Crippen molar-refractivity contribution in [2.45, 2.75) is 6.42 Å². The molecule has 2 heterocycles. The summed E-state index contributed by atoms with van der Waals surface area (Å²) in [5, 5.41) is 16.8. The van der Waals surface area contributed by atoms with Gasteiger partial charge in [0.25, 0.3) is 0 Å². The Morgan fingerprint density at radius 2 is 2.00 bits per heavy atom. The number of hydrogen-bond acceptors (Lipinski definition) is 6. The van der Waals surface area contributed by atoms with E-state index < -0.39 is 0 Å². The van der Waals surface area contributed by atoms with Crippen LogP contribution in [-0.4, -0.2) is 65.4 Å². The normalized spacial score (nSPS) is 17.6. The number of halogens is 1. The van der Waals surface area contributed by atoms with Crippen LogP contribution < -0.4 is 4.90 Å². The fraction of sp³-hybridized carbons (Fsp3) is 0.800. The number of aliphatic hydroxyl groups excluding tert-OH is 1. The standard InChI is InChI=1S/C10H17ClN4O2/c11-2-1-9-12-13-10(17-9)15-5-3-14(4-6-15)7-8-16/h16H,1-8H2. The first-order chi connectivity index (χ1) is 8.33. The highest BCUT2D eigenvalue weighted by atomic mass is 35.5. The largest absolute Gasteiger partial charge is 0.408 e. The quantitative estimate of drug-likeness (QED) is 0.750. The molecule has 6 nitrogen and oxygen atoms in total. The Balaban J connectivity index is 1.86. The zero-order valence-electron chi connectivity index (χ0n) is 9.68. The van der Waals surface area contributed by atoms with E-state index in [4.69, 9.17) is 21.1 Å². The van der Waals surface area contributed by atoms with Crippen molar-refractivity contribution >= 4 is 17.6 Å². The lowest BCUT2D eigenvalue weighted by Gasteiger charge is -2.33. The second-order valence-corrected chi connectivity index (χ2v) is 4.35. The van der Waals surface area contributed by atoms with Crippen LogP contribution in [0, 0.1) is 0 Å². The Kier molecular flexibility index (Phi) is 4.58. The van der Waals surface area contributed by atoms with Crippen LogP contribution in [0.5, 0.6) is 0 Å². The molecule has 2 rings (SSSR count). The maximum atomic E-state index is 8.86. The molecule has 0 spiro atoms. The van der Waals surface area contributed by atoms with Crippen LogP contribution in [0.1, 0.15) is 5.89 Å². The SMILES string of the molecule is OCCN1CCN(c2nnc(CCCl)o2)CC1. The summed E-state index contributed by atoms with van der Waals surface area (Å²) in [6, 6.07) is 0.578. The Morgan fingerprint density at radius 3 is 2.65 bits per heavy atom. The molecule has 0 unspecified atom stereocenters. The number of aromatic nitrogens is 2. The summed E-state index contributed by atoms with van der Waals surface area (Å²) in [5.41, 5.74) is 0. The molecular formula is C10H17ClN4O2. The van der Waals surface area contributed by atoms with Crippen molar-refractivity contribution in [3.8, 4) is 0 Å². The van der Waals surface area contributed by atoms with Gasteiger partial charge < -0.3 is 14.4 Å². The minimum Gasteiger partial charge on any atom is -0.408 e. The second kappa shape index (κ2) is 6.18. The van der Waals surface area contributed by atoms with Crippen LogP contribution >= 0.6 is 11.6 Å². The summed E-state index contributed by atoms with van der Waals surface area (Å²) >= 11 is 5.61. The number of rotatable bonds is 5. The van der Waals surface area contributed by atoms with Crippen LogP contribution in [0.3, 0.4) is 0 Å². The number of alkyl halides is 1. The van der Waals surface area contributed by atoms with Gasteiger partial charge in [0, 0.05) is 45.0 Å². The number of β-amino-alcohol motifs (C(OH)–C–C–N with tert-alkyl or cyclic N) is 1. The van der Waals surface area contributed by atoms with E-state index in [-0.39, 0.29) is 6.61 Å². The van der Waals surface area contributed by atoms with E-state index in [2.05, 4.69) is 20.0 Å². The minimum absolute atomic E-state index is 0.209. The van der Waals surface area contributed by atoms with Gasteiger partial charge in [0.2, 0.25) is 5.89 Å². The molecule has 0 amide bonds. The average molecular weight is 261 g/mol. The first-order valence-electron chi connectivity index (χ1n) is 5.80. The number of anilines is 1. The van der Waals surface area contributed by atoms with Gasteiger partial charge in [0.1, 0.15) is 0 Å². The van der Waals surface area contributed by atoms with E-state index in [1.54, 1.807) is 0 Å². The lowest BCUT2D eigenvalue weighted by molar-refractivity contribution is 0.187. The first kappa shape index (κ1) is 12.6. The van der Waals surface area contributed by atoms with Crippen LogP contribution in [0.2, 0.25) is 0 Å². The molecule has 96 valence electrons. The third-order valence-electron chi connectivity index (χ3n) is 2.82. The lowest BCUT2D eigenvalue weighted by atomic mass is 10.3. The van der Waals surface area contributed by atoms with Crippen molar-refractivity contribution < 1.29 is 9.52 Å². The number of aryl methyl sites for hydroxylation is 1. The van der Waals surface area contributed by atoms with Gasteiger partial charge in [0.05, 0.1) is 6.61 Å². The van der Waals surface area contributed by atoms with Gasteiger partial charge in [0.15, 0.2) is 0 Å². The number of aliphatic hydroxyl groups is 1. The summed E-state index contributed by atoms with van der Waals surface area (Å²) < 4.78 is 5.51. The Hall–Kier alpha value is -0.850. The molecular weight excluding hydrogens is 244 g/mol. The van der Waals surface area contributed by atoms with Gasteiger partial charge in [-0.3, -0.25) is 4.90 Å². The number of piperazine rings is 1. The molecule has 1 fully saturated rings. The maximum Gasteiger partial charge on any atom is 0.318 e. The highest BCUT2D eigenvalue weighted by molar-refractivity contribution is 6.17. The maximum absolute atomic E-state index is 8.86. The summed E-state index contributed by atoms with van der Waals surface area (Å²) in [4.78, 5) is 4.28. The highest BCUT2D eigenvalue weighted by Crippen LogP contribution is 2.15. The molecule has 0 aromatic carbocycles. The van der Waals surface area contributed by atoms with Crippen molar-refractivity contribution in [3.05, 3.63) is 5.89 Å². The minimum atomic E-state index is 0.209. The van der Waals surface area contributed by atoms with Crippen LogP contribution in [0.15, 0.2) is 4.42 Å². The molecule has 0 atom stereocenters. The molecule has 7 heteroatoms. The van der Waals surface area contributed by atoms with Gasteiger partial charge in [-0.15, -0.1) is 16.7 Å². The van der Waals surface area contributed by atoms with Crippen LogP contribution in [0.4, 0.5) is 6.01 Å². The molecule has 1 aromatic rings. The molecule has 0 saturated carbocycles.